The van der Waals surface area contributed by atoms with Gasteiger partial charge in [-0.25, -0.2) is 0 Å². The third kappa shape index (κ3) is 4.03. The quantitative estimate of drug-likeness (QED) is 0.782. The monoisotopic (exact) mass is 338 g/mol. The molecule has 6 heteroatoms. The maximum atomic E-state index is 12.5. The van der Waals surface area contributed by atoms with E-state index in [0.717, 1.165) is 0 Å². The SMILES string of the molecule is CCC(O)(CC)CNC(=O)C1CCN(c2cccc(Cl)c2)C1=O. The van der Waals surface area contributed by atoms with Gasteiger partial charge in [0.05, 0.1) is 5.60 Å². The van der Waals surface area contributed by atoms with Crippen molar-refractivity contribution in [1.82, 2.24) is 5.32 Å². The highest BCUT2D eigenvalue weighted by molar-refractivity contribution is 6.31. The van der Waals surface area contributed by atoms with Gasteiger partial charge in [0.15, 0.2) is 0 Å². The number of amides is 2. The standard InChI is InChI=1S/C17H23ClN2O3/c1-3-17(23,4-2)11-19-15(21)14-8-9-20(16(14)22)13-7-5-6-12(18)10-13/h5-7,10,14,23H,3-4,8-9,11H2,1-2H3,(H,19,21). The molecule has 2 N–H and O–H groups in total. The number of anilines is 1. The van der Waals surface area contributed by atoms with Gasteiger partial charge < -0.3 is 15.3 Å². The van der Waals surface area contributed by atoms with Crippen LogP contribution < -0.4 is 10.2 Å². The number of halogens is 1. The maximum Gasteiger partial charge on any atom is 0.239 e. The topological polar surface area (TPSA) is 69.6 Å². The Bertz CT molecular complexity index is 587. The Hall–Kier alpha value is -1.59. The van der Waals surface area contributed by atoms with Crippen molar-refractivity contribution < 1.29 is 14.7 Å². The summed E-state index contributed by atoms with van der Waals surface area (Å²) in [5.74, 6) is -1.24. The molecule has 1 atom stereocenters. The molecule has 2 rings (SSSR count). The van der Waals surface area contributed by atoms with Crippen molar-refractivity contribution in [2.75, 3.05) is 18.0 Å². The normalized spacial score (nSPS) is 18.3. The van der Waals surface area contributed by atoms with Gasteiger partial charge >= 0.3 is 0 Å². The first-order valence-corrected chi connectivity index (χ1v) is 8.35. The minimum atomic E-state index is -0.913. The number of rotatable bonds is 6. The van der Waals surface area contributed by atoms with E-state index in [2.05, 4.69) is 5.32 Å². The number of nitrogens with zero attached hydrogens (tertiary/aromatic N) is 1. The molecule has 0 saturated carbocycles. The van der Waals surface area contributed by atoms with Gasteiger partial charge in [0.25, 0.3) is 0 Å². The van der Waals surface area contributed by atoms with Crippen LogP contribution in [0.15, 0.2) is 24.3 Å². The zero-order chi connectivity index (χ0) is 17.0. The summed E-state index contributed by atoms with van der Waals surface area (Å²) in [7, 11) is 0. The summed E-state index contributed by atoms with van der Waals surface area (Å²) in [5, 5.41) is 13.5. The van der Waals surface area contributed by atoms with Gasteiger partial charge in [-0.15, -0.1) is 0 Å². The van der Waals surface area contributed by atoms with Crippen molar-refractivity contribution >= 4 is 29.1 Å². The van der Waals surface area contributed by atoms with Crippen LogP contribution >= 0.6 is 11.6 Å². The Labute approximate surface area is 141 Å². The first kappa shape index (κ1) is 17.8. The van der Waals surface area contributed by atoms with Crippen LogP contribution in [0.1, 0.15) is 33.1 Å². The van der Waals surface area contributed by atoms with Gasteiger partial charge in [-0.3, -0.25) is 9.59 Å². The third-order valence-electron chi connectivity index (χ3n) is 4.55. The fraction of sp³-hybridized carbons (Fsp3) is 0.529. The molecule has 5 nitrogen and oxygen atoms in total. The number of nitrogens with one attached hydrogen (secondary N) is 1. The van der Waals surface area contributed by atoms with Crippen LogP contribution in [0.5, 0.6) is 0 Å². The number of benzene rings is 1. The molecule has 2 amide bonds. The molecular formula is C17H23ClN2O3. The fourth-order valence-electron chi connectivity index (χ4n) is 2.70. The highest BCUT2D eigenvalue weighted by Crippen LogP contribution is 2.27. The maximum absolute atomic E-state index is 12.5. The van der Waals surface area contributed by atoms with E-state index in [0.29, 0.717) is 36.5 Å². The second-order valence-corrected chi connectivity index (χ2v) is 6.40. The molecule has 1 aliphatic heterocycles. The minimum absolute atomic E-state index is 0.166. The van der Waals surface area contributed by atoms with Crippen molar-refractivity contribution in [2.24, 2.45) is 5.92 Å². The molecule has 1 aromatic carbocycles. The van der Waals surface area contributed by atoms with Crippen molar-refractivity contribution in [3.63, 3.8) is 0 Å². The van der Waals surface area contributed by atoms with Crippen LogP contribution in [0.25, 0.3) is 0 Å². The molecule has 0 spiro atoms. The average molecular weight is 339 g/mol. The summed E-state index contributed by atoms with van der Waals surface area (Å²) in [4.78, 5) is 26.3. The Morgan fingerprint density at radius 3 is 2.74 bits per heavy atom. The summed E-state index contributed by atoms with van der Waals surface area (Å²) in [6.45, 7) is 4.40. The third-order valence-corrected chi connectivity index (χ3v) is 4.78. The summed E-state index contributed by atoms with van der Waals surface area (Å²) < 4.78 is 0. The fourth-order valence-corrected chi connectivity index (χ4v) is 2.88. The van der Waals surface area contributed by atoms with Crippen LogP contribution in [-0.4, -0.2) is 35.6 Å². The molecular weight excluding hydrogens is 316 g/mol. The lowest BCUT2D eigenvalue weighted by Gasteiger charge is -2.26. The zero-order valence-electron chi connectivity index (χ0n) is 13.5. The number of hydrogen-bond acceptors (Lipinski definition) is 3. The molecule has 0 aromatic heterocycles. The smallest absolute Gasteiger partial charge is 0.239 e. The van der Waals surface area contributed by atoms with Gasteiger partial charge in [-0.1, -0.05) is 31.5 Å². The molecule has 0 bridgehead atoms. The number of hydrogen-bond donors (Lipinski definition) is 2. The molecule has 1 aromatic rings. The lowest BCUT2D eigenvalue weighted by molar-refractivity contribution is -0.133. The van der Waals surface area contributed by atoms with Crippen molar-refractivity contribution in [1.29, 1.82) is 0 Å². The predicted molar refractivity (Wildman–Crippen MR) is 90.5 cm³/mol. The van der Waals surface area contributed by atoms with E-state index in [1.54, 1.807) is 29.2 Å². The molecule has 1 saturated heterocycles. The largest absolute Gasteiger partial charge is 0.388 e. The van der Waals surface area contributed by atoms with Crippen LogP contribution in [0, 0.1) is 5.92 Å². The van der Waals surface area contributed by atoms with E-state index >= 15 is 0 Å². The van der Waals surface area contributed by atoms with Crippen LogP contribution in [0.4, 0.5) is 5.69 Å². The first-order chi connectivity index (χ1) is 10.9. The molecule has 23 heavy (non-hydrogen) atoms. The number of aliphatic hydroxyl groups is 1. The summed E-state index contributed by atoms with van der Waals surface area (Å²) in [5.41, 5.74) is -0.208. The molecule has 1 unspecified atom stereocenters. The molecule has 126 valence electrons. The van der Waals surface area contributed by atoms with Gasteiger partial charge in [-0.2, -0.15) is 0 Å². The Balaban J connectivity index is 2.00. The molecule has 0 radical (unpaired) electrons. The number of carbonyl (C=O) groups is 2. The van der Waals surface area contributed by atoms with E-state index in [9.17, 15) is 14.7 Å². The van der Waals surface area contributed by atoms with E-state index in [1.807, 2.05) is 13.8 Å². The molecule has 1 fully saturated rings. The van der Waals surface area contributed by atoms with Crippen LogP contribution in [0.2, 0.25) is 5.02 Å². The number of carbonyl (C=O) groups excluding carboxylic acids is 2. The first-order valence-electron chi connectivity index (χ1n) is 7.97. The lowest BCUT2D eigenvalue weighted by Crippen LogP contribution is -2.45. The molecule has 0 aliphatic carbocycles. The molecule has 1 aliphatic rings. The van der Waals surface area contributed by atoms with Crippen molar-refractivity contribution in [2.45, 2.75) is 38.7 Å². The van der Waals surface area contributed by atoms with E-state index < -0.39 is 11.5 Å². The average Bonchev–Trinajstić information content (AvgIpc) is 2.94. The van der Waals surface area contributed by atoms with E-state index in [1.165, 1.54) is 0 Å². The van der Waals surface area contributed by atoms with Crippen LogP contribution in [-0.2, 0) is 9.59 Å². The molecule has 1 heterocycles. The second-order valence-electron chi connectivity index (χ2n) is 5.96. The van der Waals surface area contributed by atoms with Gasteiger partial charge in [-0.05, 0) is 37.5 Å². The van der Waals surface area contributed by atoms with Crippen molar-refractivity contribution in [3.8, 4) is 0 Å². The Kier molecular flexibility index (Phi) is 5.65. The Morgan fingerprint density at radius 1 is 1.43 bits per heavy atom. The minimum Gasteiger partial charge on any atom is -0.388 e. The van der Waals surface area contributed by atoms with Crippen molar-refractivity contribution in [3.05, 3.63) is 29.3 Å². The van der Waals surface area contributed by atoms with Gasteiger partial charge in [0.2, 0.25) is 11.8 Å². The van der Waals surface area contributed by atoms with Crippen LogP contribution in [0.3, 0.4) is 0 Å². The summed E-state index contributed by atoms with van der Waals surface area (Å²) in [6, 6.07) is 7.04. The van der Waals surface area contributed by atoms with Gasteiger partial charge in [0, 0.05) is 23.8 Å². The lowest BCUT2D eigenvalue weighted by atomic mass is 9.97. The van der Waals surface area contributed by atoms with E-state index in [-0.39, 0.29) is 18.4 Å². The van der Waals surface area contributed by atoms with E-state index in [4.69, 9.17) is 11.6 Å². The summed E-state index contributed by atoms with van der Waals surface area (Å²) >= 11 is 5.96. The second kappa shape index (κ2) is 7.32. The highest BCUT2D eigenvalue weighted by Gasteiger charge is 2.38. The summed E-state index contributed by atoms with van der Waals surface area (Å²) in [6.07, 6.45) is 1.57. The highest BCUT2D eigenvalue weighted by atomic mass is 35.5. The Morgan fingerprint density at radius 2 is 2.13 bits per heavy atom. The van der Waals surface area contributed by atoms with Gasteiger partial charge in [0.1, 0.15) is 5.92 Å². The zero-order valence-corrected chi connectivity index (χ0v) is 14.3. The predicted octanol–water partition coefficient (Wildman–Crippen LogP) is 2.36.